The number of hydrogen-bond acceptors (Lipinski definition) is 4. The van der Waals surface area contributed by atoms with E-state index in [1.807, 2.05) is 38.1 Å². The topological polar surface area (TPSA) is 57.3 Å². The molecule has 2 N–H and O–H groups in total. The van der Waals surface area contributed by atoms with Gasteiger partial charge in [-0.1, -0.05) is 18.2 Å². The molecule has 0 aliphatic carbocycles. The average Bonchev–Trinajstić information content (AvgIpc) is 2.55. The molecule has 0 fully saturated rings. The van der Waals surface area contributed by atoms with Gasteiger partial charge in [0.25, 0.3) is 5.91 Å². The van der Waals surface area contributed by atoms with Gasteiger partial charge in [-0.3, -0.25) is 9.78 Å². The maximum Gasteiger partial charge on any atom is 0.257 e. The van der Waals surface area contributed by atoms with Crippen LogP contribution in [0.3, 0.4) is 0 Å². The predicted molar refractivity (Wildman–Crippen MR) is 99.8 cm³/mol. The van der Waals surface area contributed by atoms with Crippen molar-refractivity contribution in [3.05, 3.63) is 53.3 Å². The minimum atomic E-state index is -0.142. The zero-order valence-corrected chi connectivity index (χ0v) is 14.9. The molecule has 1 aromatic carbocycles. The molecule has 0 aliphatic heterocycles. The molecule has 1 aromatic heterocycles. The summed E-state index contributed by atoms with van der Waals surface area (Å²) >= 11 is 0. The Bertz CT molecular complexity index is 677. The number of amides is 1. The number of para-hydroxylation sites is 1. The summed E-state index contributed by atoms with van der Waals surface area (Å²) in [6.45, 7) is 5.85. The zero-order valence-electron chi connectivity index (χ0n) is 14.9. The lowest BCUT2D eigenvalue weighted by molar-refractivity contribution is 0.102. The first-order valence-corrected chi connectivity index (χ1v) is 8.18. The Labute approximate surface area is 144 Å². The summed E-state index contributed by atoms with van der Waals surface area (Å²) in [6.07, 6.45) is 4.37. The van der Waals surface area contributed by atoms with Crippen molar-refractivity contribution in [1.82, 2.24) is 9.88 Å². The number of aryl methyl sites for hydroxylation is 2. The number of rotatable bonds is 7. The standard InChI is InChI=1S/C19H26N4O/c1-14-7-5-8-15(2)18(14)22-19(24)16-11-17(13-20-12-16)21-9-6-10-23(3)4/h5,7-8,11-13,21H,6,9-10H2,1-4H3,(H,22,24). The summed E-state index contributed by atoms with van der Waals surface area (Å²) < 4.78 is 0. The van der Waals surface area contributed by atoms with Crippen molar-refractivity contribution in [2.24, 2.45) is 0 Å². The van der Waals surface area contributed by atoms with Crippen LogP contribution in [0.2, 0.25) is 0 Å². The maximum absolute atomic E-state index is 12.5. The van der Waals surface area contributed by atoms with Gasteiger partial charge in [-0.25, -0.2) is 0 Å². The van der Waals surface area contributed by atoms with Gasteiger partial charge in [0, 0.05) is 24.6 Å². The van der Waals surface area contributed by atoms with Crippen molar-refractivity contribution in [3.8, 4) is 0 Å². The highest BCUT2D eigenvalue weighted by molar-refractivity contribution is 6.05. The zero-order chi connectivity index (χ0) is 17.5. The third-order valence-electron chi connectivity index (χ3n) is 3.83. The number of carbonyl (C=O) groups excluding carboxylic acids is 1. The fourth-order valence-electron chi connectivity index (χ4n) is 2.49. The Morgan fingerprint density at radius 1 is 1.17 bits per heavy atom. The highest BCUT2D eigenvalue weighted by atomic mass is 16.1. The van der Waals surface area contributed by atoms with Crippen LogP contribution < -0.4 is 10.6 Å². The van der Waals surface area contributed by atoms with E-state index in [1.54, 1.807) is 12.4 Å². The Morgan fingerprint density at radius 3 is 2.54 bits per heavy atom. The number of nitrogens with one attached hydrogen (secondary N) is 2. The molecule has 0 atom stereocenters. The van der Waals surface area contributed by atoms with Gasteiger partial charge in [0.2, 0.25) is 0 Å². The molecular weight excluding hydrogens is 300 g/mol. The van der Waals surface area contributed by atoms with E-state index in [0.717, 1.165) is 42.0 Å². The second-order valence-corrected chi connectivity index (χ2v) is 6.27. The monoisotopic (exact) mass is 326 g/mol. The molecule has 2 rings (SSSR count). The van der Waals surface area contributed by atoms with E-state index in [4.69, 9.17) is 0 Å². The molecule has 128 valence electrons. The van der Waals surface area contributed by atoms with Crippen molar-refractivity contribution in [3.63, 3.8) is 0 Å². The normalized spacial score (nSPS) is 10.7. The van der Waals surface area contributed by atoms with E-state index >= 15 is 0 Å². The van der Waals surface area contributed by atoms with E-state index in [9.17, 15) is 4.79 Å². The number of nitrogens with zero attached hydrogens (tertiary/aromatic N) is 2. The Hall–Kier alpha value is -2.40. The highest BCUT2D eigenvalue weighted by Gasteiger charge is 2.10. The fraction of sp³-hybridized carbons (Fsp3) is 0.368. The molecule has 2 aromatic rings. The van der Waals surface area contributed by atoms with Crippen LogP contribution in [0.15, 0.2) is 36.7 Å². The van der Waals surface area contributed by atoms with Crippen molar-refractivity contribution < 1.29 is 4.79 Å². The van der Waals surface area contributed by atoms with Gasteiger partial charge in [0.1, 0.15) is 0 Å². The lowest BCUT2D eigenvalue weighted by Gasteiger charge is -2.13. The van der Waals surface area contributed by atoms with Crippen LogP contribution in [-0.2, 0) is 0 Å². The van der Waals surface area contributed by atoms with Crippen molar-refractivity contribution >= 4 is 17.3 Å². The van der Waals surface area contributed by atoms with Crippen LogP contribution in [0.25, 0.3) is 0 Å². The minimum Gasteiger partial charge on any atom is -0.384 e. The van der Waals surface area contributed by atoms with Crippen molar-refractivity contribution in [2.45, 2.75) is 20.3 Å². The smallest absolute Gasteiger partial charge is 0.257 e. The minimum absolute atomic E-state index is 0.142. The number of anilines is 2. The second-order valence-electron chi connectivity index (χ2n) is 6.27. The fourth-order valence-corrected chi connectivity index (χ4v) is 2.49. The van der Waals surface area contributed by atoms with E-state index in [0.29, 0.717) is 5.56 Å². The number of carbonyl (C=O) groups is 1. The first kappa shape index (κ1) is 17.9. The van der Waals surface area contributed by atoms with Crippen molar-refractivity contribution in [1.29, 1.82) is 0 Å². The third kappa shape index (κ3) is 5.06. The van der Waals surface area contributed by atoms with E-state index in [-0.39, 0.29) is 5.91 Å². The molecule has 0 saturated carbocycles. The third-order valence-corrected chi connectivity index (χ3v) is 3.83. The molecule has 0 aliphatic rings. The first-order chi connectivity index (χ1) is 11.5. The van der Waals surface area contributed by atoms with Crippen LogP contribution in [0, 0.1) is 13.8 Å². The van der Waals surface area contributed by atoms with E-state index < -0.39 is 0 Å². The summed E-state index contributed by atoms with van der Waals surface area (Å²) in [7, 11) is 4.11. The summed E-state index contributed by atoms with van der Waals surface area (Å²) in [5, 5.41) is 6.30. The van der Waals surface area contributed by atoms with Gasteiger partial charge in [-0.05, 0) is 58.1 Å². The Balaban J connectivity index is 2.01. The van der Waals surface area contributed by atoms with E-state index in [1.165, 1.54) is 0 Å². The van der Waals surface area contributed by atoms with Gasteiger partial charge >= 0.3 is 0 Å². The average molecular weight is 326 g/mol. The molecule has 0 bridgehead atoms. The van der Waals surface area contributed by atoms with Gasteiger partial charge in [-0.2, -0.15) is 0 Å². The SMILES string of the molecule is Cc1cccc(C)c1NC(=O)c1cncc(NCCCN(C)C)c1. The molecule has 5 nitrogen and oxygen atoms in total. The number of benzene rings is 1. The maximum atomic E-state index is 12.5. The second kappa shape index (κ2) is 8.45. The molecule has 1 amide bonds. The quantitative estimate of drug-likeness (QED) is 0.767. The van der Waals surface area contributed by atoms with Gasteiger partial charge in [0.05, 0.1) is 11.3 Å². The van der Waals surface area contributed by atoms with Crippen molar-refractivity contribution in [2.75, 3.05) is 37.8 Å². The number of pyridine rings is 1. The Kier molecular flexibility index (Phi) is 6.32. The molecular formula is C19H26N4O. The molecule has 0 saturated heterocycles. The first-order valence-electron chi connectivity index (χ1n) is 8.18. The van der Waals surface area contributed by atoms with Crippen LogP contribution in [0.4, 0.5) is 11.4 Å². The highest BCUT2D eigenvalue weighted by Crippen LogP contribution is 2.20. The summed E-state index contributed by atoms with van der Waals surface area (Å²) in [4.78, 5) is 18.8. The molecule has 1 heterocycles. The molecule has 0 unspecified atom stereocenters. The lowest BCUT2D eigenvalue weighted by Crippen LogP contribution is -2.17. The number of hydrogen-bond donors (Lipinski definition) is 2. The van der Waals surface area contributed by atoms with Crippen LogP contribution in [0.1, 0.15) is 27.9 Å². The number of aromatic nitrogens is 1. The van der Waals surface area contributed by atoms with Gasteiger partial charge in [0.15, 0.2) is 0 Å². The molecule has 5 heteroatoms. The molecule has 0 spiro atoms. The van der Waals surface area contributed by atoms with Crippen LogP contribution in [-0.4, -0.2) is 43.0 Å². The van der Waals surface area contributed by atoms with Gasteiger partial charge < -0.3 is 15.5 Å². The predicted octanol–water partition coefficient (Wildman–Crippen LogP) is 3.31. The summed E-state index contributed by atoms with van der Waals surface area (Å²) in [5.41, 5.74) is 4.38. The van der Waals surface area contributed by atoms with E-state index in [2.05, 4.69) is 34.6 Å². The Morgan fingerprint density at radius 2 is 1.88 bits per heavy atom. The molecule has 0 radical (unpaired) electrons. The molecule has 24 heavy (non-hydrogen) atoms. The van der Waals surface area contributed by atoms with Crippen LogP contribution >= 0.6 is 0 Å². The lowest BCUT2D eigenvalue weighted by atomic mass is 10.1. The summed E-state index contributed by atoms with van der Waals surface area (Å²) in [5.74, 6) is -0.142. The van der Waals surface area contributed by atoms with Crippen LogP contribution in [0.5, 0.6) is 0 Å². The van der Waals surface area contributed by atoms with Gasteiger partial charge in [-0.15, -0.1) is 0 Å². The summed E-state index contributed by atoms with van der Waals surface area (Å²) in [6, 6.07) is 7.80. The largest absolute Gasteiger partial charge is 0.384 e.